The zero-order valence-electron chi connectivity index (χ0n) is 11.0. The first kappa shape index (κ1) is 12.3. The zero-order chi connectivity index (χ0) is 13.1. The standard InChI is InChI=1S/C14H18N4O/c1-10-12-4-2-3-5-13(12)14(18-17-10)16-9-11-8-15-6-7-19-11/h2-5,11,15H,6-9H2,1H3,(H,16,18). The van der Waals surface area contributed by atoms with E-state index in [1.54, 1.807) is 0 Å². The van der Waals surface area contributed by atoms with E-state index in [1.165, 1.54) is 0 Å². The normalized spacial score (nSPS) is 19.5. The molecule has 0 saturated carbocycles. The average molecular weight is 258 g/mol. The summed E-state index contributed by atoms with van der Waals surface area (Å²) in [4.78, 5) is 0. The van der Waals surface area contributed by atoms with E-state index in [4.69, 9.17) is 4.74 Å². The highest BCUT2D eigenvalue weighted by Gasteiger charge is 2.14. The highest BCUT2D eigenvalue weighted by Crippen LogP contribution is 2.22. The van der Waals surface area contributed by atoms with Crippen LogP contribution >= 0.6 is 0 Å². The number of benzene rings is 1. The number of ether oxygens (including phenoxy) is 1. The summed E-state index contributed by atoms with van der Waals surface area (Å²) in [6.07, 6.45) is 0.190. The van der Waals surface area contributed by atoms with Crippen LogP contribution in [-0.4, -0.2) is 42.5 Å². The zero-order valence-corrected chi connectivity index (χ0v) is 11.0. The van der Waals surface area contributed by atoms with Crippen LogP contribution in [0.3, 0.4) is 0 Å². The molecule has 1 unspecified atom stereocenters. The van der Waals surface area contributed by atoms with E-state index in [9.17, 15) is 0 Å². The molecule has 0 bridgehead atoms. The van der Waals surface area contributed by atoms with Gasteiger partial charge in [0.15, 0.2) is 5.82 Å². The molecule has 5 heteroatoms. The summed E-state index contributed by atoms with van der Waals surface area (Å²) >= 11 is 0. The van der Waals surface area contributed by atoms with Crippen LogP contribution in [0.5, 0.6) is 0 Å². The van der Waals surface area contributed by atoms with Crippen molar-refractivity contribution in [3.8, 4) is 0 Å². The van der Waals surface area contributed by atoms with Gasteiger partial charge in [0.2, 0.25) is 0 Å². The number of fused-ring (bicyclic) bond motifs is 1. The lowest BCUT2D eigenvalue weighted by Crippen LogP contribution is -2.42. The van der Waals surface area contributed by atoms with E-state index in [1.807, 2.05) is 19.1 Å². The van der Waals surface area contributed by atoms with Gasteiger partial charge in [0.05, 0.1) is 18.4 Å². The van der Waals surface area contributed by atoms with Crippen molar-refractivity contribution in [1.29, 1.82) is 0 Å². The van der Waals surface area contributed by atoms with Crippen molar-refractivity contribution >= 4 is 16.6 Å². The molecule has 2 N–H and O–H groups in total. The van der Waals surface area contributed by atoms with Crippen LogP contribution in [0.15, 0.2) is 24.3 Å². The summed E-state index contributed by atoms with van der Waals surface area (Å²) in [7, 11) is 0. The van der Waals surface area contributed by atoms with E-state index >= 15 is 0 Å². The molecule has 1 fully saturated rings. The summed E-state index contributed by atoms with van der Waals surface area (Å²) in [5, 5.41) is 17.4. The first-order valence-electron chi connectivity index (χ1n) is 6.63. The summed E-state index contributed by atoms with van der Waals surface area (Å²) in [5.74, 6) is 0.829. The minimum atomic E-state index is 0.190. The Morgan fingerprint density at radius 3 is 2.95 bits per heavy atom. The number of rotatable bonds is 3. The van der Waals surface area contributed by atoms with Gasteiger partial charge in [0.25, 0.3) is 0 Å². The maximum Gasteiger partial charge on any atom is 0.156 e. The van der Waals surface area contributed by atoms with Crippen LogP contribution in [0.2, 0.25) is 0 Å². The van der Waals surface area contributed by atoms with E-state index in [-0.39, 0.29) is 6.10 Å². The van der Waals surface area contributed by atoms with Crippen molar-refractivity contribution in [3.05, 3.63) is 30.0 Å². The highest BCUT2D eigenvalue weighted by molar-refractivity contribution is 5.92. The highest BCUT2D eigenvalue weighted by atomic mass is 16.5. The maximum atomic E-state index is 5.66. The van der Waals surface area contributed by atoms with Crippen LogP contribution in [0.4, 0.5) is 5.82 Å². The van der Waals surface area contributed by atoms with Crippen LogP contribution in [0.25, 0.3) is 10.8 Å². The lowest BCUT2D eigenvalue weighted by Gasteiger charge is -2.24. The number of anilines is 1. The van der Waals surface area contributed by atoms with Crippen molar-refractivity contribution in [2.45, 2.75) is 13.0 Å². The molecule has 1 aromatic carbocycles. The number of nitrogens with zero attached hydrogens (tertiary/aromatic N) is 2. The molecule has 1 aromatic heterocycles. The first-order chi connectivity index (χ1) is 9.34. The van der Waals surface area contributed by atoms with Gasteiger partial charge in [-0.2, -0.15) is 5.10 Å². The van der Waals surface area contributed by atoms with Crippen molar-refractivity contribution in [2.24, 2.45) is 0 Å². The Morgan fingerprint density at radius 1 is 1.32 bits per heavy atom. The number of morpholine rings is 1. The largest absolute Gasteiger partial charge is 0.374 e. The number of hydrogen-bond acceptors (Lipinski definition) is 5. The second kappa shape index (κ2) is 5.50. The summed E-state index contributed by atoms with van der Waals surface area (Å²) in [6.45, 7) is 5.31. The molecule has 5 nitrogen and oxygen atoms in total. The number of nitrogens with one attached hydrogen (secondary N) is 2. The van der Waals surface area contributed by atoms with Gasteiger partial charge in [-0.15, -0.1) is 5.10 Å². The fourth-order valence-electron chi connectivity index (χ4n) is 2.33. The lowest BCUT2D eigenvalue weighted by atomic mass is 10.1. The molecule has 1 saturated heterocycles. The number of aryl methyl sites for hydroxylation is 1. The second-order valence-electron chi connectivity index (χ2n) is 4.76. The Bertz CT molecular complexity index is 566. The fourth-order valence-corrected chi connectivity index (χ4v) is 2.33. The van der Waals surface area contributed by atoms with Gasteiger partial charge in [-0.25, -0.2) is 0 Å². The van der Waals surface area contributed by atoms with Crippen molar-refractivity contribution in [2.75, 3.05) is 31.6 Å². The van der Waals surface area contributed by atoms with Gasteiger partial charge < -0.3 is 15.4 Å². The van der Waals surface area contributed by atoms with Gasteiger partial charge in [-0.3, -0.25) is 0 Å². The van der Waals surface area contributed by atoms with Gasteiger partial charge in [-0.05, 0) is 6.92 Å². The molecule has 0 amide bonds. The van der Waals surface area contributed by atoms with Gasteiger partial charge in [-0.1, -0.05) is 24.3 Å². The Labute approximate surface area is 112 Å². The third-order valence-electron chi connectivity index (χ3n) is 3.37. The monoisotopic (exact) mass is 258 g/mol. The second-order valence-corrected chi connectivity index (χ2v) is 4.76. The molecule has 1 aliphatic heterocycles. The number of aromatic nitrogens is 2. The molecule has 0 aliphatic carbocycles. The molecule has 1 aliphatic rings. The Morgan fingerprint density at radius 2 is 2.16 bits per heavy atom. The molecule has 1 atom stereocenters. The smallest absolute Gasteiger partial charge is 0.156 e. The van der Waals surface area contributed by atoms with Gasteiger partial charge >= 0.3 is 0 Å². The van der Waals surface area contributed by atoms with Gasteiger partial charge in [0, 0.05) is 30.4 Å². The Balaban J connectivity index is 1.79. The molecule has 19 heavy (non-hydrogen) atoms. The molecular formula is C14H18N4O. The van der Waals surface area contributed by atoms with E-state index in [0.717, 1.165) is 48.5 Å². The van der Waals surface area contributed by atoms with E-state index < -0.39 is 0 Å². The SMILES string of the molecule is Cc1nnc(NCC2CNCCO2)c2ccccc12. The van der Waals surface area contributed by atoms with Crippen molar-refractivity contribution in [1.82, 2.24) is 15.5 Å². The molecule has 2 heterocycles. The molecule has 100 valence electrons. The minimum Gasteiger partial charge on any atom is -0.374 e. The maximum absolute atomic E-state index is 5.66. The summed E-state index contributed by atoms with van der Waals surface area (Å²) in [6, 6.07) is 8.19. The minimum absolute atomic E-state index is 0.190. The van der Waals surface area contributed by atoms with Crippen LogP contribution < -0.4 is 10.6 Å². The summed E-state index contributed by atoms with van der Waals surface area (Å²) in [5.41, 5.74) is 0.955. The van der Waals surface area contributed by atoms with Crippen LogP contribution in [0, 0.1) is 6.92 Å². The average Bonchev–Trinajstić information content (AvgIpc) is 2.48. The Kier molecular flexibility index (Phi) is 3.57. The lowest BCUT2D eigenvalue weighted by molar-refractivity contribution is 0.0372. The van der Waals surface area contributed by atoms with Crippen LogP contribution in [0.1, 0.15) is 5.69 Å². The predicted octanol–water partition coefficient (Wildman–Crippen LogP) is 1.34. The molecule has 0 radical (unpaired) electrons. The molecule has 3 rings (SSSR count). The van der Waals surface area contributed by atoms with E-state index in [2.05, 4.69) is 33.0 Å². The van der Waals surface area contributed by atoms with Crippen LogP contribution in [-0.2, 0) is 4.74 Å². The topological polar surface area (TPSA) is 59.1 Å². The van der Waals surface area contributed by atoms with E-state index in [0.29, 0.717) is 0 Å². The Hall–Kier alpha value is -1.72. The van der Waals surface area contributed by atoms with Crippen molar-refractivity contribution < 1.29 is 4.74 Å². The van der Waals surface area contributed by atoms with Gasteiger partial charge in [0.1, 0.15) is 0 Å². The third-order valence-corrected chi connectivity index (χ3v) is 3.37. The van der Waals surface area contributed by atoms with Crippen molar-refractivity contribution in [3.63, 3.8) is 0 Å². The summed E-state index contributed by atoms with van der Waals surface area (Å²) < 4.78 is 5.66. The molecule has 0 spiro atoms. The third kappa shape index (κ3) is 2.67. The fraction of sp³-hybridized carbons (Fsp3) is 0.429. The first-order valence-corrected chi connectivity index (χ1v) is 6.63. The molecule has 2 aromatic rings. The number of hydrogen-bond donors (Lipinski definition) is 2. The predicted molar refractivity (Wildman–Crippen MR) is 75.4 cm³/mol. The molecular weight excluding hydrogens is 240 g/mol. The quantitative estimate of drug-likeness (QED) is 0.870.